The third kappa shape index (κ3) is 5.07. The molecule has 1 aliphatic rings. The first kappa shape index (κ1) is 20.0. The van der Waals surface area contributed by atoms with E-state index >= 15 is 0 Å². The number of nitrogens with two attached hydrogens (primary N) is 1. The normalized spacial score (nSPS) is 15.8. The number of nitrogens with zero attached hydrogens (tertiary/aromatic N) is 3. The van der Waals surface area contributed by atoms with Gasteiger partial charge >= 0.3 is 0 Å². The van der Waals surface area contributed by atoms with E-state index in [1.807, 2.05) is 36.1 Å². The van der Waals surface area contributed by atoms with Crippen molar-refractivity contribution in [3.05, 3.63) is 41.1 Å². The summed E-state index contributed by atoms with van der Waals surface area (Å²) in [5.74, 6) is -0.0663. The Morgan fingerprint density at radius 1 is 1.35 bits per heavy atom. The van der Waals surface area contributed by atoms with Crippen LogP contribution >= 0.6 is 0 Å². The van der Waals surface area contributed by atoms with Crippen molar-refractivity contribution in [2.75, 3.05) is 44.6 Å². The first-order chi connectivity index (χ1) is 12.5. The molecule has 0 spiro atoms. The second-order valence-corrected chi connectivity index (χ2v) is 6.97. The Morgan fingerprint density at radius 2 is 2.04 bits per heavy atom. The molecule has 2 rings (SSSR count). The minimum atomic E-state index is -0.354. The highest BCUT2D eigenvalue weighted by molar-refractivity contribution is 6.07. The lowest BCUT2D eigenvalue weighted by Crippen LogP contribution is -2.45. The van der Waals surface area contributed by atoms with Gasteiger partial charge in [-0.2, -0.15) is 5.26 Å². The number of piperazine rings is 1. The number of hydrogen-bond acceptors (Lipinski definition) is 5. The van der Waals surface area contributed by atoms with Crippen LogP contribution in [0.15, 0.2) is 30.0 Å². The van der Waals surface area contributed by atoms with Gasteiger partial charge in [0.05, 0.1) is 0 Å². The lowest BCUT2D eigenvalue weighted by molar-refractivity contribution is -0.112. The van der Waals surface area contributed by atoms with Crippen LogP contribution in [0.1, 0.15) is 30.9 Å². The van der Waals surface area contributed by atoms with Crippen molar-refractivity contribution in [3.8, 4) is 6.07 Å². The third-order valence-electron chi connectivity index (χ3n) is 4.69. The van der Waals surface area contributed by atoms with E-state index in [1.54, 1.807) is 6.20 Å². The van der Waals surface area contributed by atoms with Gasteiger partial charge in [0.1, 0.15) is 11.6 Å². The fourth-order valence-corrected chi connectivity index (χ4v) is 3.14. The Kier molecular flexibility index (Phi) is 7.19. The van der Waals surface area contributed by atoms with Crippen LogP contribution in [0.2, 0.25) is 0 Å². The average Bonchev–Trinajstić information content (AvgIpc) is 2.62. The maximum Gasteiger partial charge on any atom is 0.267 e. The number of carbonyl (C=O) groups is 1. The van der Waals surface area contributed by atoms with Crippen molar-refractivity contribution in [2.24, 2.45) is 5.73 Å². The smallest absolute Gasteiger partial charge is 0.267 e. The molecule has 26 heavy (non-hydrogen) atoms. The summed E-state index contributed by atoms with van der Waals surface area (Å²) in [5, 5.41) is 12.4. The maximum atomic E-state index is 12.7. The molecule has 1 amide bonds. The van der Waals surface area contributed by atoms with Crippen molar-refractivity contribution in [2.45, 2.75) is 26.7 Å². The fraction of sp³-hybridized carbons (Fsp3) is 0.500. The Hall–Kier alpha value is -2.36. The van der Waals surface area contributed by atoms with Gasteiger partial charge in [-0.3, -0.25) is 9.69 Å². The number of nitrogens with one attached hydrogen (secondary N) is 1. The summed E-state index contributed by atoms with van der Waals surface area (Å²) in [6.45, 7) is 11.0. The first-order valence-electron chi connectivity index (χ1n) is 9.15. The summed E-state index contributed by atoms with van der Waals surface area (Å²) in [7, 11) is 0. The van der Waals surface area contributed by atoms with Gasteiger partial charge < -0.3 is 16.0 Å². The summed E-state index contributed by atoms with van der Waals surface area (Å²) in [4.78, 5) is 17.0. The van der Waals surface area contributed by atoms with Gasteiger partial charge in [-0.05, 0) is 24.0 Å². The topological polar surface area (TPSA) is 85.4 Å². The van der Waals surface area contributed by atoms with E-state index in [0.717, 1.165) is 49.5 Å². The van der Waals surface area contributed by atoms with Crippen molar-refractivity contribution in [3.63, 3.8) is 0 Å². The van der Waals surface area contributed by atoms with Crippen LogP contribution in [0, 0.1) is 18.3 Å². The van der Waals surface area contributed by atoms with Gasteiger partial charge in [0.15, 0.2) is 0 Å². The lowest BCUT2D eigenvalue weighted by Gasteiger charge is -2.33. The summed E-state index contributed by atoms with van der Waals surface area (Å²) < 4.78 is 0. The van der Waals surface area contributed by atoms with Gasteiger partial charge in [-0.25, -0.2) is 0 Å². The maximum absolute atomic E-state index is 12.7. The van der Waals surface area contributed by atoms with Crippen molar-refractivity contribution >= 4 is 11.6 Å². The Bertz CT molecular complexity index is 697. The Balaban J connectivity index is 2.10. The highest BCUT2D eigenvalue weighted by atomic mass is 16.1. The molecule has 0 atom stereocenters. The number of carbonyl (C=O) groups excluding carboxylic acids is 1. The van der Waals surface area contributed by atoms with Gasteiger partial charge in [0.25, 0.3) is 5.91 Å². The number of aryl methyl sites for hydroxylation is 1. The monoisotopic (exact) mass is 355 g/mol. The second-order valence-electron chi connectivity index (χ2n) is 6.97. The third-order valence-corrected chi connectivity index (χ3v) is 4.69. The van der Waals surface area contributed by atoms with Gasteiger partial charge in [0.2, 0.25) is 0 Å². The molecule has 1 heterocycles. The molecule has 0 unspecified atom stereocenters. The standard InChI is InChI=1S/C20H29N5O/c1-15(2)18-6-4-5-16(3)19(18)23-20(26)17(13-22)14-25-11-9-24(8-7-21)10-12-25/h4-6,14-15H,7-12,21H2,1-3H3,(H,23,26)/b17-14-. The SMILES string of the molecule is Cc1cccc(C(C)C)c1NC(=O)/C(C#N)=C\N1CCN(CCN)CC1. The van der Waals surface area contributed by atoms with Crippen LogP contribution in [0.4, 0.5) is 5.69 Å². The predicted molar refractivity (Wildman–Crippen MR) is 105 cm³/mol. The second kappa shape index (κ2) is 9.37. The van der Waals surface area contributed by atoms with Crippen LogP contribution in [0.3, 0.4) is 0 Å². The molecule has 0 bridgehead atoms. The summed E-state index contributed by atoms with van der Waals surface area (Å²) in [6, 6.07) is 8.02. The predicted octanol–water partition coefficient (Wildman–Crippen LogP) is 2.04. The van der Waals surface area contributed by atoms with E-state index in [4.69, 9.17) is 5.73 Å². The average molecular weight is 355 g/mol. The molecule has 0 radical (unpaired) electrons. The Labute approximate surface area is 156 Å². The minimum absolute atomic E-state index is 0.134. The van der Waals surface area contributed by atoms with E-state index in [0.29, 0.717) is 6.54 Å². The fourth-order valence-electron chi connectivity index (χ4n) is 3.14. The summed E-state index contributed by atoms with van der Waals surface area (Å²) >= 11 is 0. The molecular weight excluding hydrogens is 326 g/mol. The highest BCUT2D eigenvalue weighted by Crippen LogP contribution is 2.27. The lowest BCUT2D eigenvalue weighted by atomic mass is 9.98. The molecule has 6 nitrogen and oxygen atoms in total. The van der Waals surface area contributed by atoms with Crippen molar-refractivity contribution in [1.82, 2.24) is 9.80 Å². The van der Waals surface area contributed by atoms with Crippen LogP contribution in [0.5, 0.6) is 0 Å². The van der Waals surface area contributed by atoms with Gasteiger partial charge in [0, 0.05) is 51.2 Å². The molecule has 3 N–H and O–H groups in total. The largest absolute Gasteiger partial charge is 0.374 e. The highest BCUT2D eigenvalue weighted by Gasteiger charge is 2.18. The molecule has 0 aliphatic carbocycles. The van der Waals surface area contributed by atoms with E-state index in [9.17, 15) is 10.1 Å². The first-order valence-corrected chi connectivity index (χ1v) is 9.15. The van der Waals surface area contributed by atoms with Crippen LogP contribution < -0.4 is 11.1 Å². The van der Waals surface area contributed by atoms with E-state index < -0.39 is 0 Å². The molecule has 1 saturated heterocycles. The molecule has 140 valence electrons. The number of benzene rings is 1. The number of rotatable bonds is 6. The van der Waals surface area contributed by atoms with E-state index in [2.05, 4.69) is 24.1 Å². The number of anilines is 1. The van der Waals surface area contributed by atoms with E-state index in [1.165, 1.54) is 0 Å². The van der Waals surface area contributed by atoms with Crippen molar-refractivity contribution < 1.29 is 4.79 Å². The zero-order valence-corrected chi connectivity index (χ0v) is 16.0. The summed E-state index contributed by atoms with van der Waals surface area (Å²) in [6.07, 6.45) is 1.68. The zero-order chi connectivity index (χ0) is 19.1. The molecule has 0 saturated carbocycles. The number of amides is 1. The Morgan fingerprint density at radius 3 is 2.62 bits per heavy atom. The van der Waals surface area contributed by atoms with Crippen LogP contribution in [-0.2, 0) is 4.79 Å². The molecule has 1 aromatic rings. The molecule has 1 aliphatic heterocycles. The molecule has 1 fully saturated rings. The van der Waals surface area contributed by atoms with Crippen LogP contribution in [0.25, 0.3) is 0 Å². The minimum Gasteiger partial charge on any atom is -0.374 e. The summed E-state index contributed by atoms with van der Waals surface area (Å²) in [5.41, 5.74) is 8.61. The number of nitriles is 1. The van der Waals surface area contributed by atoms with Crippen LogP contribution in [-0.4, -0.2) is 55.0 Å². The molecule has 6 heteroatoms. The molecular formula is C20H29N5O. The number of hydrogen-bond donors (Lipinski definition) is 2. The number of para-hydroxylation sites is 1. The van der Waals surface area contributed by atoms with E-state index in [-0.39, 0.29) is 17.4 Å². The quantitative estimate of drug-likeness (QED) is 0.602. The molecule has 0 aromatic heterocycles. The zero-order valence-electron chi connectivity index (χ0n) is 16.0. The van der Waals surface area contributed by atoms with Gasteiger partial charge in [-0.15, -0.1) is 0 Å². The van der Waals surface area contributed by atoms with Gasteiger partial charge in [-0.1, -0.05) is 32.0 Å². The molecule has 1 aromatic carbocycles. The van der Waals surface area contributed by atoms with Crippen molar-refractivity contribution in [1.29, 1.82) is 5.26 Å².